The van der Waals surface area contributed by atoms with Gasteiger partial charge in [-0.3, -0.25) is 20.4 Å². The summed E-state index contributed by atoms with van der Waals surface area (Å²) in [5, 5.41) is 0. The maximum Gasteiger partial charge on any atom is 0.337 e. The second-order valence-electron chi connectivity index (χ2n) is 4.85. The number of benzene rings is 2. The van der Waals surface area contributed by atoms with Crippen molar-refractivity contribution in [2.45, 2.75) is 6.92 Å². The summed E-state index contributed by atoms with van der Waals surface area (Å²) in [4.78, 5) is 35.4. The van der Waals surface area contributed by atoms with Crippen molar-refractivity contribution in [3.63, 3.8) is 0 Å². The molecular weight excluding hydrogens is 296 g/mol. The molecule has 0 aliphatic rings. The number of rotatable bonds is 3. The molecule has 0 fully saturated rings. The number of hydrogen-bond donors (Lipinski definition) is 2. The third-order valence-electron chi connectivity index (χ3n) is 3.12. The molecule has 2 rings (SSSR count). The predicted octanol–water partition coefficient (Wildman–Crippen LogP) is 1.86. The van der Waals surface area contributed by atoms with Crippen LogP contribution >= 0.6 is 0 Å². The number of hydrogen-bond acceptors (Lipinski definition) is 4. The fraction of sp³-hybridized carbons (Fsp3) is 0.118. The molecule has 0 saturated carbocycles. The summed E-state index contributed by atoms with van der Waals surface area (Å²) in [6.07, 6.45) is 0. The molecule has 23 heavy (non-hydrogen) atoms. The third kappa shape index (κ3) is 4.16. The van der Waals surface area contributed by atoms with Crippen LogP contribution in [-0.4, -0.2) is 24.9 Å². The highest BCUT2D eigenvalue weighted by Crippen LogP contribution is 2.07. The first-order valence-corrected chi connectivity index (χ1v) is 6.87. The average Bonchev–Trinajstić information content (AvgIpc) is 2.58. The van der Waals surface area contributed by atoms with E-state index in [9.17, 15) is 14.4 Å². The Morgan fingerprint density at radius 3 is 1.91 bits per heavy atom. The average molecular weight is 312 g/mol. The second-order valence-corrected chi connectivity index (χ2v) is 4.85. The van der Waals surface area contributed by atoms with Crippen LogP contribution < -0.4 is 10.9 Å². The molecule has 2 aromatic rings. The van der Waals surface area contributed by atoms with E-state index in [1.54, 1.807) is 24.3 Å². The zero-order valence-corrected chi connectivity index (χ0v) is 12.8. The Labute approximate surface area is 133 Å². The number of carbonyl (C=O) groups is 3. The Balaban J connectivity index is 2.02. The molecule has 0 spiro atoms. The van der Waals surface area contributed by atoms with E-state index in [1.807, 2.05) is 13.0 Å². The van der Waals surface area contributed by atoms with E-state index in [4.69, 9.17) is 0 Å². The van der Waals surface area contributed by atoms with Crippen LogP contribution in [0.1, 0.15) is 36.6 Å². The Morgan fingerprint density at radius 1 is 0.826 bits per heavy atom. The number of carbonyl (C=O) groups excluding carboxylic acids is 3. The normalized spacial score (nSPS) is 9.83. The molecule has 2 aromatic carbocycles. The summed E-state index contributed by atoms with van der Waals surface area (Å²) in [5.41, 5.74) is 6.51. The fourth-order valence-electron chi connectivity index (χ4n) is 1.95. The van der Waals surface area contributed by atoms with E-state index < -0.39 is 17.8 Å². The fourth-order valence-corrected chi connectivity index (χ4v) is 1.95. The van der Waals surface area contributed by atoms with E-state index >= 15 is 0 Å². The molecule has 2 amide bonds. The highest BCUT2D eigenvalue weighted by molar-refractivity contribution is 6.00. The van der Waals surface area contributed by atoms with Gasteiger partial charge in [0.1, 0.15) is 0 Å². The van der Waals surface area contributed by atoms with Crippen molar-refractivity contribution in [1.29, 1.82) is 0 Å². The Bertz CT molecular complexity index is 756. The summed E-state index contributed by atoms with van der Waals surface area (Å²) < 4.78 is 4.60. The summed E-state index contributed by atoms with van der Waals surface area (Å²) in [5.74, 6) is -1.49. The molecule has 0 heterocycles. The van der Waals surface area contributed by atoms with Gasteiger partial charge in [0.05, 0.1) is 12.7 Å². The number of nitrogens with one attached hydrogen (secondary N) is 2. The zero-order chi connectivity index (χ0) is 16.8. The quantitative estimate of drug-likeness (QED) is 0.669. The van der Waals surface area contributed by atoms with Crippen LogP contribution in [0.15, 0.2) is 48.5 Å². The van der Waals surface area contributed by atoms with E-state index in [1.165, 1.54) is 25.3 Å². The molecule has 0 bridgehead atoms. The predicted molar refractivity (Wildman–Crippen MR) is 83.9 cm³/mol. The van der Waals surface area contributed by atoms with Crippen molar-refractivity contribution >= 4 is 17.8 Å². The van der Waals surface area contributed by atoms with Gasteiger partial charge in [0.25, 0.3) is 11.8 Å². The molecular formula is C17H16N2O4. The lowest BCUT2D eigenvalue weighted by molar-refractivity contribution is 0.0600. The number of ether oxygens (including phenoxy) is 1. The van der Waals surface area contributed by atoms with Crippen LogP contribution in [0.3, 0.4) is 0 Å². The zero-order valence-electron chi connectivity index (χ0n) is 12.8. The van der Waals surface area contributed by atoms with Crippen LogP contribution in [0.4, 0.5) is 0 Å². The van der Waals surface area contributed by atoms with Gasteiger partial charge >= 0.3 is 5.97 Å². The van der Waals surface area contributed by atoms with Crippen LogP contribution in [0.2, 0.25) is 0 Å². The molecule has 0 atom stereocenters. The van der Waals surface area contributed by atoms with E-state index in [0.717, 1.165) is 5.56 Å². The molecule has 0 aliphatic heterocycles. The third-order valence-corrected chi connectivity index (χ3v) is 3.12. The van der Waals surface area contributed by atoms with E-state index in [2.05, 4.69) is 15.6 Å². The molecule has 2 N–H and O–H groups in total. The minimum Gasteiger partial charge on any atom is -0.465 e. The van der Waals surface area contributed by atoms with Gasteiger partial charge in [-0.2, -0.15) is 0 Å². The highest BCUT2D eigenvalue weighted by Gasteiger charge is 2.12. The highest BCUT2D eigenvalue weighted by atomic mass is 16.5. The molecule has 6 heteroatoms. The summed E-state index contributed by atoms with van der Waals surface area (Å²) in [6, 6.07) is 13.0. The first-order valence-electron chi connectivity index (χ1n) is 6.87. The van der Waals surface area contributed by atoms with Gasteiger partial charge in [-0.15, -0.1) is 0 Å². The van der Waals surface area contributed by atoms with Gasteiger partial charge < -0.3 is 4.74 Å². The van der Waals surface area contributed by atoms with Gasteiger partial charge in [0.2, 0.25) is 0 Å². The van der Waals surface area contributed by atoms with Gasteiger partial charge in [-0.05, 0) is 37.3 Å². The summed E-state index contributed by atoms with van der Waals surface area (Å²) >= 11 is 0. The van der Waals surface area contributed by atoms with Gasteiger partial charge in [0, 0.05) is 11.1 Å². The number of hydrazine groups is 1. The van der Waals surface area contributed by atoms with Crippen LogP contribution in [0.5, 0.6) is 0 Å². The SMILES string of the molecule is COC(=O)c1cccc(C(=O)NNC(=O)c2cccc(C)c2)c1. The number of amides is 2. The largest absolute Gasteiger partial charge is 0.465 e. The number of esters is 1. The maximum atomic E-state index is 12.0. The summed E-state index contributed by atoms with van der Waals surface area (Å²) in [6.45, 7) is 1.87. The molecule has 0 unspecified atom stereocenters. The molecule has 0 aromatic heterocycles. The van der Waals surface area contributed by atoms with Gasteiger partial charge in [0.15, 0.2) is 0 Å². The molecule has 118 valence electrons. The first kappa shape index (κ1) is 16.2. The lowest BCUT2D eigenvalue weighted by Crippen LogP contribution is -2.41. The van der Waals surface area contributed by atoms with E-state index in [-0.39, 0.29) is 11.1 Å². The van der Waals surface area contributed by atoms with Gasteiger partial charge in [-0.25, -0.2) is 4.79 Å². The van der Waals surface area contributed by atoms with Crippen molar-refractivity contribution in [2.24, 2.45) is 0 Å². The lowest BCUT2D eigenvalue weighted by Gasteiger charge is -2.08. The Morgan fingerprint density at radius 2 is 1.35 bits per heavy atom. The smallest absolute Gasteiger partial charge is 0.337 e. The molecule has 0 aliphatic carbocycles. The first-order chi connectivity index (χ1) is 11.0. The minimum atomic E-state index is -0.538. The van der Waals surface area contributed by atoms with Crippen molar-refractivity contribution in [2.75, 3.05) is 7.11 Å². The second kappa shape index (κ2) is 7.22. The Kier molecular flexibility index (Phi) is 5.09. The maximum absolute atomic E-state index is 12.0. The monoisotopic (exact) mass is 312 g/mol. The van der Waals surface area contributed by atoms with Crippen LogP contribution in [-0.2, 0) is 4.74 Å². The van der Waals surface area contributed by atoms with Crippen LogP contribution in [0, 0.1) is 6.92 Å². The van der Waals surface area contributed by atoms with Gasteiger partial charge in [-0.1, -0.05) is 23.8 Å². The molecule has 6 nitrogen and oxygen atoms in total. The van der Waals surface area contributed by atoms with Crippen molar-refractivity contribution < 1.29 is 19.1 Å². The topological polar surface area (TPSA) is 84.5 Å². The van der Waals surface area contributed by atoms with Crippen molar-refractivity contribution in [1.82, 2.24) is 10.9 Å². The number of aryl methyl sites for hydroxylation is 1. The molecule has 0 saturated heterocycles. The lowest BCUT2D eigenvalue weighted by atomic mass is 10.1. The van der Waals surface area contributed by atoms with E-state index in [0.29, 0.717) is 5.56 Å². The standard InChI is InChI=1S/C17H16N2O4/c1-11-5-3-6-12(9-11)15(20)18-19-16(21)13-7-4-8-14(10-13)17(22)23-2/h3-10H,1-2H3,(H,18,20)(H,19,21). The Hall–Kier alpha value is -3.15. The van der Waals surface area contributed by atoms with Crippen molar-refractivity contribution in [3.8, 4) is 0 Å². The number of methoxy groups -OCH3 is 1. The van der Waals surface area contributed by atoms with Crippen molar-refractivity contribution in [3.05, 3.63) is 70.8 Å². The summed E-state index contributed by atoms with van der Waals surface area (Å²) in [7, 11) is 1.26. The minimum absolute atomic E-state index is 0.234. The van der Waals surface area contributed by atoms with Crippen LogP contribution in [0.25, 0.3) is 0 Å². The molecule has 0 radical (unpaired) electrons.